The Morgan fingerprint density at radius 3 is 2.64 bits per heavy atom. The van der Waals surface area contributed by atoms with E-state index in [0.717, 1.165) is 5.56 Å². The molecule has 0 unspecified atom stereocenters. The smallest absolute Gasteiger partial charge is 0.119 e. The van der Waals surface area contributed by atoms with Crippen molar-refractivity contribution in [3.8, 4) is 0 Å². The quantitative estimate of drug-likeness (QED) is 0.387. The van der Waals surface area contributed by atoms with Gasteiger partial charge in [0, 0.05) is 0 Å². The second kappa shape index (κ2) is 4.85. The summed E-state index contributed by atoms with van der Waals surface area (Å²) in [5, 5.41) is 8.17. The van der Waals surface area contributed by atoms with E-state index in [1.54, 1.807) is 0 Å². The largest absolute Gasteiger partial charge is 0.360 e. The van der Waals surface area contributed by atoms with Crippen LogP contribution in [0.4, 0.5) is 0 Å². The molecular formula is C8H11NO2. The van der Waals surface area contributed by atoms with E-state index in [9.17, 15) is 0 Å². The van der Waals surface area contributed by atoms with Crippen LogP contribution in [-0.4, -0.2) is 11.9 Å². The van der Waals surface area contributed by atoms with E-state index in [0.29, 0.717) is 6.61 Å². The van der Waals surface area contributed by atoms with Crippen LogP contribution in [0.15, 0.2) is 30.3 Å². The first-order chi connectivity index (χ1) is 5.43. The third kappa shape index (κ3) is 3.13. The molecule has 0 radical (unpaired) electrons. The van der Waals surface area contributed by atoms with Gasteiger partial charge in [0.05, 0.1) is 6.61 Å². The van der Waals surface area contributed by atoms with Crippen LogP contribution >= 0.6 is 0 Å². The number of benzene rings is 1. The van der Waals surface area contributed by atoms with Gasteiger partial charge in [-0.2, -0.15) is 5.48 Å². The van der Waals surface area contributed by atoms with E-state index in [-0.39, 0.29) is 6.73 Å². The van der Waals surface area contributed by atoms with Gasteiger partial charge in [-0.1, -0.05) is 30.3 Å². The maximum atomic E-state index is 8.17. The number of nitrogens with one attached hydrogen (secondary N) is 1. The summed E-state index contributed by atoms with van der Waals surface area (Å²) in [5.41, 5.74) is 3.02. The van der Waals surface area contributed by atoms with Crippen molar-refractivity contribution >= 4 is 0 Å². The summed E-state index contributed by atoms with van der Waals surface area (Å²) in [5.74, 6) is 0. The van der Waals surface area contributed by atoms with Gasteiger partial charge in [-0.15, -0.1) is 0 Å². The topological polar surface area (TPSA) is 41.5 Å². The van der Waals surface area contributed by atoms with Crippen molar-refractivity contribution in [3.63, 3.8) is 0 Å². The van der Waals surface area contributed by atoms with Gasteiger partial charge in [0.15, 0.2) is 0 Å². The molecule has 1 aromatic carbocycles. The molecule has 1 rings (SSSR count). The van der Waals surface area contributed by atoms with Gasteiger partial charge in [-0.3, -0.25) is 0 Å². The van der Waals surface area contributed by atoms with Crippen LogP contribution in [0.2, 0.25) is 0 Å². The fraction of sp³-hybridized carbons (Fsp3) is 0.250. The maximum Gasteiger partial charge on any atom is 0.119 e. The summed E-state index contributed by atoms with van der Waals surface area (Å²) >= 11 is 0. The van der Waals surface area contributed by atoms with Crippen molar-refractivity contribution in [2.24, 2.45) is 0 Å². The SMILES string of the molecule is ONCOCc1ccccc1. The Kier molecular flexibility index (Phi) is 3.61. The van der Waals surface area contributed by atoms with Gasteiger partial charge in [-0.25, -0.2) is 0 Å². The highest BCUT2D eigenvalue weighted by molar-refractivity contribution is 5.13. The molecule has 0 bridgehead atoms. The minimum absolute atomic E-state index is 0.162. The molecule has 0 heterocycles. The number of rotatable bonds is 4. The maximum absolute atomic E-state index is 8.17. The molecule has 0 aliphatic rings. The van der Waals surface area contributed by atoms with E-state index in [4.69, 9.17) is 9.94 Å². The second-order valence-corrected chi connectivity index (χ2v) is 2.14. The Bertz CT molecular complexity index is 189. The third-order valence-corrected chi connectivity index (χ3v) is 1.28. The fourth-order valence-electron chi connectivity index (χ4n) is 0.789. The molecular weight excluding hydrogens is 142 g/mol. The number of hydrogen-bond acceptors (Lipinski definition) is 3. The molecule has 0 saturated carbocycles. The lowest BCUT2D eigenvalue weighted by molar-refractivity contribution is 0.0153. The van der Waals surface area contributed by atoms with Crippen LogP contribution < -0.4 is 5.48 Å². The van der Waals surface area contributed by atoms with Crippen LogP contribution in [0.1, 0.15) is 5.56 Å². The number of hydroxylamine groups is 1. The third-order valence-electron chi connectivity index (χ3n) is 1.28. The molecule has 0 spiro atoms. The molecule has 0 fully saturated rings. The van der Waals surface area contributed by atoms with Crippen molar-refractivity contribution in [1.82, 2.24) is 5.48 Å². The van der Waals surface area contributed by atoms with E-state index >= 15 is 0 Å². The monoisotopic (exact) mass is 153 g/mol. The van der Waals surface area contributed by atoms with E-state index in [2.05, 4.69) is 0 Å². The van der Waals surface area contributed by atoms with Gasteiger partial charge >= 0.3 is 0 Å². The Morgan fingerprint density at radius 2 is 2.00 bits per heavy atom. The van der Waals surface area contributed by atoms with Crippen LogP contribution in [-0.2, 0) is 11.3 Å². The predicted molar refractivity (Wildman–Crippen MR) is 41.0 cm³/mol. The van der Waals surface area contributed by atoms with Gasteiger partial charge in [0.1, 0.15) is 6.73 Å². The van der Waals surface area contributed by atoms with Gasteiger partial charge < -0.3 is 9.94 Å². The molecule has 3 nitrogen and oxygen atoms in total. The Balaban J connectivity index is 2.28. The Labute approximate surface area is 65.6 Å². The Hall–Kier alpha value is -0.900. The van der Waals surface area contributed by atoms with Gasteiger partial charge in [0.2, 0.25) is 0 Å². The van der Waals surface area contributed by atoms with Crippen LogP contribution in [0.3, 0.4) is 0 Å². The van der Waals surface area contributed by atoms with Crippen LogP contribution in [0.25, 0.3) is 0 Å². The normalized spacial score (nSPS) is 9.91. The van der Waals surface area contributed by atoms with Crippen molar-refractivity contribution in [3.05, 3.63) is 35.9 Å². The molecule has 0 aromatic heterocycles. The van der Waals surface area contributed by atoms with Crippen LogP contribution in [0.5, 0.6) is 0 Å². The lowest BCUT2D eigenvalue weighted by Gasteiger charge is -2.01. The highest BCUT2D eigenvalue weighted by Crippen LogP contribution is 1.98. The van der Waals surface area contributed by atoms with Crippen molar-refractivity contribution in [2.75, 3.05) is 6.73 Å². The minimum Gasteiger partial charge on any atom is -0.360 e. The van der Waals surface area contributed by atoms with E-state index in [1.165, 1.54) is 0 Å². The lowest BCUT2D eigenvalue weighted by atomic mass is 10.2. The average Bonchev–Trinajstić information content (AvgIpc) is 2.07. The molecule has 2 N–H and O–H groups in total. The number of ether oxygens (including phenoxy) is 1. The first-order valence-corrected chi connectivity index (χ1v) is 3.42. The lowest BCUT2D eigenvalue weighted by Crippen LogP contribution is -2.11. The molecule has 1 aromatic rings. The number of hydrogen-bond donors (Lipinski definition) is 2. The molecule has 0 aliphatic heterocycles. The predicted octanol–water partition coefficient (Wildman–Crippen LogP) is 1.14. The molecule has 3 heteroatoms. The minimum atomic E-state index is 0.162. The standard InChI is InChI=1S/C8H11NO2/c10-9-7-11-6-8-4-2-1-3-5-8/h1-5,9-10H,6-7H2. The summed E-state index contributed by atoms with van der Waals surface area (Å²) in [6, 6.07) is 9.79. The Morgan fingerprint density at radius 1 is 1.27 bits per heavy atom. The first-order valence-electron chi connectivity index (χ1n) is 3.42. The first kappa shape index (κ1) is 8.20. The molecule has 11 heavy (non-hydrogen) atoms. The zero-order chi connectivity index (χ0) is 7.94. The zero-order valence-electron chi connectivity index (χ0n) is 6.16. The van der Waals surface area contributed by atoms with E-state index in [1.807, 2.05) is 35.8 Å². The summed E-state index contributed by atoms with van der Waals surface area (Å²) in [6.45, 7) is 0.684. The fourth-order valence-corrected chi connectivity index (χ4v) is 0.789. The average molecular weight is 153 g/mol. The highest BCUT2D eigenvalue weighted by atomic mass is 16.6. The zero-order valence-corrected chi connectivity index (χ0v) is 6.16. The molecule has 0 saturated heterocycles. The summed E-state index contributed by atoms with van der Waals surface area (Å²) in [6.07, 6.45) is 0. The summed E-state index contributed by atoms with van der Waals surface area (Å²) < 4.78 is 5.01. The van der Waals surface area contributed by atoms with E-state index < -0.39 is 0 Å². The summed E-state index contributed by atoms with van der Waals surface area (Å²) in [4.78, 5) is 0. The molecule has 0 atom stereocenters. The van der Waals surface area contributed by atoms with Crippen molar-refractivity contribution in [2.45, 2.75) is 6.61 Å². The van der Waals surface area contributed by atoms with Crippen molar-refractivity contribution in [1.29, 1.82) is 0 Å². The van der Waals surface area contributed by atoms with Crippen molar-refractivity contribution < 1.29 is 9.94 Å². The molecule has 0 aliphatic carbocycles. The van der Waals surface area contributed by atoms with Gasteiger partial charge in [-0.05, 0) is 5.56 Å². The van der Waals surface area contributed by atoms with Gasteiger partial charge in [0.25, 0.3) is 0 Å². The second-order valence-electron chi connectivity index (χ2n) is 2.14. The van der Waals surface area contributed by atoms with Crippen LogP contribution in [0, 0.1) is 0 Å². The highest BCUT2D eigenvalue weighted by Gasteiger charge is 1.88. The molecule has 0 amide bonds. The molecule has 60 valence electrons. The summed E-state index contributed by atoms with van der Waals surface area (Å²) in [7, 11) is 0.